The maximum absolute atomic E-state index is 12.5. The molecule has 0 unspecified atom stereocenters. The Balaban J connectivity index is 1.40. The second-order valence-electron chi connectivity index (χ2n) is 7.55. The number of amides is 1. The van der Waals surface area contributed by atoms with E-state index in [4.69, 9.17) is 0 Å². The molecule has 1 aromatic carbocycles. The van der Waals surface area contributed by atoms with Crippen LogP contribution in [0.2, 0.25) is 0 Å². The number of piperazine rings is 1. The molecule has 0 radical (unpaired) electrons. The minimum Gasteiger partial charge on any atom is -0.396 e. The highest BCUT2D eigenvalue weighted by Gasteiger charge is 2.25. The van der Waals surface area contributed by atoms with Crippen molar-refractivity contribution in [3.8, 4) is 0 Å². The number of hydrogen-bond donors (Lipinski definition) is 1. The van der Waals surface area contributed by atoms with Gasteiger partial charge in [-0.2, -0.15) is 0 Å². The fourth-order valence-corrected chi connectivity index (χ4v) is 3.84. The fraction of sp³-hybridized carbons (Fsp3) is 0.650. The van der Waals surface area contributed by atoms with Crippen molar-refractivity contribution in [2.24, 2.45) is 5.92 Å². The number of carbonyl (C=O) groups excluding carboxylic acids is 1. The van der Waals surface area contributed by atoms with E-state index in [1.54, 1.807) is 0 Å². The second-order valence-corrected chi connectivity index (χ2v) is 7.55. The average Bonchev–Trinajstić information content (AvgIpc) is 2.63. The minimum absolute atomic E-state index is 0.262. The highest BCUT2D eigenvalue weighted by atomic mass is 16.3. The van der Waals surface area contributed by atoms with Crippen molar-refractivity contribution in [2.75, 3.05) is 52.4 Å². The number of nitrogens with zero attached hydrogens (tertiary/aromatic N) is 3. The van der Waals surface area contributed by atoms with Crippen molar-refractivity contribution < 1.29 is 9.90 Å². The summed E-state index contributed by atoms with van der Waals surface area (Å²) in [7, 11) is 0. The van der Waals surface area contributed by atoms with Gasteiger partial charge in [0.15, 0.2) is 0 Å². The molecule has 2 fully saturated rings. The van der Waals surface area contributed by atoms with Gasteiger partial charge in [0.1, 0.15) is 0 Å². The van der Waals surface area contributed by atoms with E-state index in [9.17, 15) is 9.90 Å². The van der Waals surface area contributed by atoms with Gasteiger partial charge in [0.2, 0.25) is 5.91 Å². The summed E-state index contributed by atoms with van der Waals surface area (Å²) in [6.07, 6.45) is 2.02. The summed E-state index contributed by atoms with van der Waals surface area (Å²) in [5.41, 5.74) is 2.66. The lowest BCUT2D eigenvalue weighted by Gasteiger charge is -2.37. The number of aliphatic hydroxyl groups is 1. The van der Waals surface area contributed by atoms with Crippen molar-refractivity contribution in [3.05, 3.63) is 35.4 Å². The van der Waals surface area contributed by atoms with Gasteiger partial charge in [-0.15, -0.1) is 0 Å². The molecule has 2 heterocycles. The largest absolute Gasteiger partial charge is 0.396 e. The van der Waals surface area contributed by atoms with Gasteiger partial charge < -0.3 is 10.0 Å². The summed E-state index contributed by atoms with van der Waals surface area (Å²) in [6, 6.07) is 8.67. The fourth-order valence-electron chi connectivity index (χ4n) is 3.84. The quantitative estimate of drug-likeness (QED) is 0.875. The van der Waals surface area contributed by atoms with Crippen molar-refractivity contribution >= 4 is 5.91 Å². The van der Waals surface area contributed by atoms with E-state index in [1.165, 1.54) is 11.1 Å². The number of likely N-dealkylation sites (tertiary alicyclic amines) is 1. The van der Waals surface area contributed by atoms with Crippen LogP contribution in [0.1, 0.15) is 24.0 Å². The summed E-state index contributed by atoms with van der Waals surface area (Å²) in [4.78, 5) is 19.2. The molecule has 25 heavy (non-hydrogen) atoms. The molecule has 1 amide bonds. The van der Waals surface area contributed by atoms with Gasteiger partial charge in [0, 0.05) is 39.3 Å². The topological polar surface area (TPSA) is 47.0 Å². The zero-order valence-corrected chi connectivity index (χ0v) is 15.4. The molecule has 138 valence electrons. The van der Waals surface area contributed by atoms with Crippen LogP contribution < -0.4 is 0 Å². The summed E-state index contributed by atoms with van der Waals surface area (Å²) in [5.74, 6) is 0.689. The predicted octanol–water partition coefficient (Wildman–Crippen LogP) is 1.34. The normalized spacial score (nSPS) is 20.8. The lowest BCUT2D eigenvalue weighted by Crippen LogP contribution is -2.51. The number of aliphatic hydroxyl groups excluding tert-OH is 1. The van der Waals surface area contributed by atoms with Crippen molar-refractivity contribution in [1.82, 2.24) is 14.7 Å². The molecular formula is C20H31N3O2. The third-order valence-corrected chi connectivity index (χ3v) is 5.54. The molecule has 2 saturated heterocycles. The molecule has 0 aliphatic carbocycles. The van der Waals surface area contributed by atoms with E-state index in [1.807, 2.05) is 4.90 Å². The molecule has 5 heteroatoms. The van der Waals surface area contributed by atoms with Crippen LogP contribution in [0.15, 0.2) is 24.3 Å². The smallest absolute Gasteiger partial charge is 0.236 e. The number of carbonyl (C=O) groups is 1. The molecular weight excluding hydrogens is 314 g/mol. The zero-order chi connectivity index (χ0) is 17.6. The highest BCUT2D eigenvalue weighted by molar-refractivity contribution is 5.78. The maximum atomic E-state index is 12.5. The van der Waals surface area contributed by atoms with Crippen molar-refractivity contribution in [1.29, 1.82) is 0 Å². The lowest BCUT2D eigenvalue weighted by atomic mass is 9.98. The van der Waals surface area contributed by atoms with Crippen LogP contribution in [0, 0.1) is 12.8 Å². The number of benzene rings is 1. The predicted molar refractivity (Wildman–Crippen MR) is 99.3 cm³/mol. The summed E-state index contributed by atoms with van der Waals surface area (Å²) < 4.78 is 0. The Morgan fingerprint density at radius 2 is 1.80 bits per heavy atom. The van der Waals surface area contributed by atoms with E-state index in [0.717, 1.165) is 58.7 Å². The monoisotopic (exact) mass is 345 g/mol. The van der Waals surface area contributed by atoms with Crippen LogP contribution in [-0.4, -0.2) is 78.1 Å². The van der Waals surface area contributed by atoms with Crippen LogP contribution in [0.25, 0.3) is 0 Å². The van der Waals surface area contributed by atoms with Gasteiger partial charge in [-0.05, 0) is 44.3 Å². The summed E-state index contributed by atoms with van der Waals surface area (Å²) in [6.45, 7) is 9.35. The first-order chi connectivity index (χ1) is 12.1. The standard InChI is InChI=1S/C20H31N3O2/c1-17-3-2-4-19(13-17)14-22-9-11-23(12-10-22)20(25)15-21-7-5-18(16-24)6-8-21/h2-4,13,18,24H,5-12,14-16H2,1H3. The number of rotatable bonds is 5. The van der Waals surface area contributed by atoms with Gasteiger partial charge in [0.25, 0.3) is 0 Å². The molecule has 1 N–H and O–H groups in total. The molecule has 1 aromatic rings. The lowest BCUT2D eigenvalue weighted by molar-refractivity contribution is -0.134. The molecule has 0 saturated carbocycles. The molecule has 0 spiro atoms. The molecule has 5 nitrogen and oxygen atoms in total. The molecule has 0 bridgehead atoms. The van der Waals surface area contributed by atoms with Crippen LogP contribution in [0.5, 0.6) is 0 Å². The third-order valence-electron chi connectivity index (χ3n) is 5.54. The van der Waals surface area contributed by atoms with Crippen molar-refractivity contribution in [3.63, 3.8) is 0 Å². The Labute approximate surface area is 151 Å². The molecule has 0 atom stereocenters. The van der Waals surface area contributed by atoms with Gasteiger partial charge >= 0.3 is 0 Å². The van der Waals surface area contributed by atoms with Crippen LogP contribution in [0.4, 0.5) is 0 Å². The summed E-state index contributed by atoms with van der Waals surface area (Å²) in [5, 5.41) is 9.21. The molecule has 2 aliphatic heterocycles. The Morgan fingerprint density at radius 1 is 1.08 bits per heavy atom. The third kappa shape index (κ3) is 5.27. The zero-order valence-electron chi connectivity index (χ0n) is 15.4. The van der Waals surface area contributed by atoms with E-state index in [-0.39, 0.29) is 12.5 Å². The molecule has 3 rings (SSSR count). The maximum Gasteiger partial charge on any atom is 0.236 e. The van der Waals surface area contributed by atoms with E-state index >= 15 is 0 Å². The van der Waals surface area contributed by atoms with E-state index < -0.39 is 0 Å². The number of piperidine rings is 1. The van der Waals surface area contributed by atoms with Gasteiger partial charge in [0.05, 0.1) is 6.54 Å². The second kappa shape index (κ2) is 8.79. The first-order valence-corrected chi connectivity index (χ1v) is 9.53. The minimum atomic E-state index is 0.262. The van der Waals surface area contributed by atoms with Crippen LogP contribution in [0.3, 0.4) is 0 Å². The Bertz CT molecular complexity index is 562. The van der Waals surface area contributed by atoms with Crippen LogP contribution in [-0.2, 0) is 11.3 Å². The molecule has 0 aromatic heterocycles. The average molecular weight is 345 g/mol. The Kier molecular flexibility index (Phi) is 6.45. The number of hydrogen-bond acceptors (Lipinski definition) is 4. The van der Waals surface area contributed by atoms with Gasteiger partial charge in [-0.3, -0.25) is 14.6 Å². The Morgan fingerprint density at radius 3 is 2.44 bits per heavy atom. The highest BCUT2D eigenvalue weighted by Crippen LogP contribution is 2.16. The number of aryl methyl sites for hydroxylation is 1. The molecule has 2 aliphatic rings. The van der Waals surface area contributed by atoms with E-state index in [0.29, 0.717) is 12.5 Å². The first kappa shape index (κ1) is 18.4. The summed E-state index contributed by atoms with van der Waals surface area (Å²) >= 11 is 0. The first-order valence-electron chi connectivity index (χ1n) is 9.53. The Hall–Kier alpha value is -1.43. The van der Waals surface area contributed by atoms with E-state index in [2.05, 4.69) is 41.0 Å². The SMILES string of the molecule is Cc1cccc(CN2CCN(C(=O)CN3CCC(CO)CC3)CC2)c1. The van der Waals surface area contributed by atoms with Gasteiger partial charge in [-0.25, -0.2) is 0 Å². The van der Waals surface area contributed by atoms with Gasteiger partial charge in [-0.1, -0.05) is 29.8 Å². The van der Waals surface area contributed by atoms with Crippen molar-refractivity contribution in [2.45, 2.75) is 26.3 Å². The van der Waals surface area contributed by atoms with Crippen LogP contribution >= 0.6 is 0 Å².